The van der Waals surface area contributed by atoms with Crippen LogP contribution in [0.4, 0.5) is 36.4 Å². The maximum Gasteiger partial charge on any atom is 0.449 e. The summed E-state index contributed by atoms with van der Waals surface area (Å²) in [7, 11) is -4.04. The summed E-state index contributed by atoms with van der Waals surface area (Å²) in [5, 5.41) is 3.12. The average molecular weight is 818 g/mol. The quantitative estimate of drug-likeness (QED) is 0.0987. The molecule has 56 heavy (non-hydrogen) atoms. The van der Waals surface area contributed by atoms with Crippen molar-refractivity contribution in [2.75, 3.05) is 43.8 Å². The van der Waals surface area contributed by atoms with Crippen LogP contribution in [0.25, 0.3) is 0 Å². The maximum absolute atomic E-state index is 15.2. The van der Waals surface area contributed by atoms with Gasteiger partial charge < -0.3 is 24.1 Å². The number of aromatic nitrogens is 2. The van der Waals surface area contributed by atoms with Crippen LogP contribution in [0.2, 0.25) is 0 Å². The smallest absolute Gasteiger partial charge is 0.449 e. The lowest BCUT2D eigenvalue weighted by molar-refractivity contribution is -0.153. The highest BCUT2D eigenvalue weighted by Gasteiger charge is 2.37. The minimum absolute atomic E-state index is 0.0189. The van der Waals surface area contributed by atoms with Gasteiger partial charge in [-0.3, -0.25) is 23.4 Å². The van der Waals surface area contributed by atoms with Crippen molar-refractivity contribution in [3.8, 4) is 0 Å². The Morgan fingerprint density at radius 2 is 1.59 bits per heavy atom. The fourth-order valence-corrected chi connectivity index (χ4v) is 7.78. The molecule has 11 nitrogen and oxygen atoms in total. The summed E-state index contributed by atoms with van der Waals surface area (Å²) >= 11 is 0. The van der Waals surface area contributed by atoms with Crippen molar-refractivity contribution in [3.05, 3.63) is 121 Å². The lowest BCUT2D eigenvalue weighted by Crippen LogP contribution is -2.51. The molecule has 2 N–H and O–H groups in total. The Morgan fingerprint density at radius 3 is 2.20 bits per heavy atom. The molecule has 3 atom stereocenters. The largest absolute Gasteiger partial charge is 0.455 e. The van der Waals surface area contributed by atoms with Gasteiger partial charge in [0.25, 0.3) is 5.56 Å². The molecule has 5 rings (SSSR count). The van der Waals surface area contributed by atoms with Gasteiger partial charge in [0.05, 0.1) is 43.5 Å². The van der Waals surface area contributed by atoms with E-state index in [9.17, 15) is 45.4 Å². The number of rotatable bonds is 15. The molecule has 2 aromatic heterocycles. The van der Waals surface area contributed by atoms with Gasteiger partial charge in [-0.25, -0.2) is 9.18 Å². The molecule has 3 heterocycles. The summed E-state index contributed by atoms with van der Waals surface area (Å²) < 4.78 is 122. The van der Waals surface area contributed by atoms with Crippen LogP contribution in [-0.4, -0.2) is 63.9 Å². The van der Waals surface area contributed by atoms with Crippen molar-refractivity contribution in [3.63, 3.8) is 0 Å². The third kappa shape index (κ3) is 10.4. The van der Waals surface area contributed by atoms with E-state index in [2.05, 4.69) is 5.32 Å². The van der Waals surface area contributed by atoms with Crippen molar-refractivity contribution < 1.29 is 49.1 Å². The van der Waals surface area contributed by atoms with Gasteiger partial charge in [-0.15, -0.1) is 0 Å². The Balaban J connectivity index is 1.52. The molecular weight excluding hydrogens is 774 g/mol. The SMILES string of the molecule is CCC(C)OP(=O)(O)CCN[C@@H](Cn1c(=O)c(N2CCN(Cc3ccc(C(F)(F)F)o3)CC2)c(C)n(Cc2c(F)cccc2C(F)(F)F)c1=O)c1ccccc1. The van der Waals surface area contributed by atoms with Gasteiger partial charge in [0.2, 0.25) is 5.76 Å². The van der Waals surface area contributed by atoms with Crippen LogP contribution in [0.15, 0.2) is 74.7 Å². The van der Waals surface area contributed by atoms with Gasteiger partial charge >= 0.3 is 25.6 Å². The van der Waals surface area contributed by atoms with Crippen LogP contribution in [-0.2, 0) is 41.1 Å². The molecule has 306 valence electrons. The molecule has 2 unspecified atom stereocenters. The summed E-state index contributed by atoms with van der Waals surface area (Å²) in [6, 6.07) is 12.2. The standard InChI is InChI=1S/C37H43F7N5O6P/c1-4-24(2)55-56(52,53)20-15-45-31(26-9-6-5-7-10-26)23-49-34(50)33(47-18-16-46(17-19-47)21-27-13-14-32(54-27)37(42,43)44)25(3)48(35(49)51)22-28-29(36(39,40)41)11-8-12-30(28)38/h5-14,24,31,45H,4,15-23H2,1-3H3,(H,52,53)/t24?,31-/m0/s1. The Bertz CT molecular complexity index is 2130. The van der Waals surface area contributed by atoms with Crippen LogP contribution in [0.3, 0.4) is 0 Å². The zero-order valence-electron chi connectivity index (χ0n) is 30.9. The number of hydrogen-bond donors (Lipinski definition) is 2. The second kappa shape index (κ2) is 17.5. The number of furan rings is 1. The van der Waals surface area contributed by atoms with E-state index in [0.29, 0.717) is 18.1 Å². The normalized spacial score (nSPS) is 16.5. The molecule has 4 aromatic rings. The number of halogens is 7. The van der Waals surface area contributed by atoms with Gasteiger partial charge in [-0.1, -0.05) is 43.3 Å². The van der Waals surface area contributed by atoms with Crippen molar-refractivity contribution in [2.45, 2.75) is 71.3 Å². The number of alkyl halides is 6. The van der Waals surface area contributed by atoms with Gasteiger partial charge in [-0.2, -0.15) is 26.3 Å². The molecule has 1 aliphatic rings. The zero-order valence-corrected chi connectivity index (χ0v) is 31.8. The van der Waals surface area contributed by atoms with E-state index in [1.165, 1.54) is 13.0 Å². The Labute approximate surface area is 317 Å². The molecule has 0 amide bonds. The molecule has 0 spiro atoms. The van der Waals surface area contributed by atoms with E-state index in [0.717, 1.165) is 27.3 Å². The van der Waals surface area contributed by atoms with Crippen molar-refractivity contribution in [1.82, 2.24) is 19.4 Å². The fraction of sp³-hybridized carbons (Fsp3) is 0.459. The summed E-state index contributed by atoms with van der Waals surface area (Å²) in [4.78, 5) is 42.5. The monoisotopic (exact) mass is 817 g/mol. The van der Waals surface area contributed by atoms with E-state index in [-0.39, 0.29) is 69.1 Å². The number of nitrogens with zero attached hydrogens (tertiary/aromatic N) is 4. The molecular formula is C37H43F7N5O6P. The molecule has 1 fully saturated rings. The number of nitrogens with one attached hydrogen (secondary N) is 1. The first kappa shape index (κ1) is 42.9. The zero-order chi connectivity index (χ0) is 41.0. The molecule has 0 aliphatic carbocycles. The van der Waals surface area contributed by atoms with Crippen molar-refractivity contribution in [1.29, 1.82) is 0 Å². The van der Waals surface area contributed by atoms with Crippen LogP contribution in [0, 0.1) is 12.7 Å². The van der Waals surface area contributed by atoms with E-state index < -0.39 is 72.6 Å². The minimum Gasteiger partial charge on any atom is -0.455 e. The molecule has 1 aliphatic heterocycles. The Morgan fingerprint density at radius 1 is 0.911 bits per heavy atom. The molecule has 2 aromatic carbocycles. The second-order valence-corrected chi connectivity index (χ2v) is 15.5. The summed E-state index contributed by atoms with van der Waals surface area (Å²) in [6.07, 6.45) is -9.93. The number of benzene rings is 2. The van der Waals surface area contributed by atoms with E-state index in [1.54, 1.807) is 54.0 Å². The second-order valence-electron chi connectivity index (χ2n) is 13.6. The summed E-state index contributed by atoms with van der Waals surface area (Å²) in [5.41, 5.74) is -3.36. The van der Waals surface area contributed by atoms with Gasteiger partial charge in [-0.05, 0) is 50.1 Å². The highest BCUT2D eigenvalue weighted by Crippen LogP contribution is 2.43. The highest BCUT2D eigenvalue weighted by atomic mass is 31.2. The Kier molecular flexibility index (Phi) is 13.4. The topological polar surface area (TPSA) is 122 Å². The third-order valence-corrected chi connectivity index (χ3v) is 11.2. The van der Waals surface area contributed by atoms with Crippen molar-refractivity contribution >= 4 is 13.3 Å². The maximum atomic E-state index is 15.2. The van der Waals surface area contributed by atoms with Gasteiger partial charge in [0.15, 0.2) is 0 Å². The predicted octanol–water partition coefficient (Wildman–Crippen LogP) is 6.79. The highest BCUT2D eigenvalue weighted by molar-refractivity contribution is 7.52. The van der Waals surface area contributed by atoms with Gasteiger partial charge in [0, 0.05) is 44.0 Å². The predicted molar refractivity (Wildman–Crippen MR) is 194 cm³/mol. The van der Waals surface area contributed by atoms with E-state index in [4.69, 9.17) is 8.94 Å². The fourth-order valence-electron chi connectivity index (χ4n) is 6.55. The first-order valence-electron chi connectivity index (χ1n) is 17.9. The lowest BCUT2D eigenvalue weighted by Gasteiger charge is -2.36. The molecule has 0 saturated carbocycles. The minimum atomic E-state index is -4.97. The van der Waals surface area contributed by atoms with E-state index >= 15 is 4.39 Å². The first-order chi connectivity index (χ1) is 26.3. The molecule has 0 radical (unpaired) electrons. The van der Waals surface area contributed by atoms with E-state index in [1.807, 2.05) is 0 Å². The van der Waals surface area contributed by atoms with Crippen LogP contribution in [0.5, 0.6) is 0 Å². The van der Waals surface area contributed by atoms with Crippen molar-refractivity contribution in [2.24, 2.45) is 0 Å². The average Bonchev–Trinajstić information content (AvgIpc) is 3.61. The first-order valence-corrected chi connectivity index (χ1v) is 19.7. The number of piperazine rings is 1. The van der Waals surface area contributed by atoms with Crippen LogP contribution < -0.4 is 21.5 Å². The van der Waals surface area contributed by atoms with Gasteiger partial charge in [0.1, 0.15) is 17.3 Å². The number of anilines is 1. The third-order valence-electron chi connectivity index (χ3n) is 9.68. The van der Waals surface area contributed by atoms with Crippen LogP contribution >= 0.6 is 7.60 Å². The molecule has 19 heteroatoms. The molecule has 0 bridgehead atoms. The summed E-state index contributed by atoms with van der Waals surface area (Å²) in [5.74, 6) is -2.27. The summed E-state index contributed by atoms with van der Waals surface area (Å²) in [6.45, 7) is 4.28. The Hall–Kier alpha value is -4.22. The lowest BCUT2D eigenvalue weighted by atomic mass is 10.1. The van der Waals surface area contributed by atoms with Crippen LogP contribution in [0.1, 0.15) is 60.2 Å². The molecule has 1 saturated heterocycles. The number of hydrogen-bond acceptors (Lipinski definition) is 8.